The van der Waals surface area contributed by atoms with Gasteiger partial charge in [-0.05, 0) is 55.6 Å². The molecule has 9 aliphatic rings. The van der Waals surface area contributed by atoms with Crippen LogP contribution in [0.15, 0.2) is 12.2 Å². The highest BCUT2D eigenvalue weighted by atomic mass is 16.5. The number of hydrogen-bond acceptors (Lipinski definition) is 4. The van der Waals surface area contributed by atoms with Gasteiger partial charge in [-0.25, -0.2) is 0 Å². The maximum Gasteiger partial charge on any atom is 0.140 e. The minimum Gasteiger partial charge on any atom is -0.388 e. The van der Waals surface area contributed by atoms with Crippen LogP contribution in [0, 0.1) is 39.9 Å². The van der Waals surface area contributed by atoms with Gasteiger partial charge in [0.1, 0.15) is 12.0 Å². The van der Waals surface area contributed by atoms with Gasteiger partial charge in [-0.2, -0.15) is 0 Å². The Morgan fingerprint density at radius 1 is 1.38 bits per heavy atom. The van der Waals surface area contributed by atoms with Gasteiger partial charge < -0.3 is 9.84 Å². The highest BCUT2D eigenvalue weighted by Gasteiger charge is 2.88. The summed E-state index contributed by atoms with van der Waals surface area (Å²) in [6.07, 6.45) is 5.21. The first-order chi connectivity index (χ1) is 12.4. The van der Waals surface area contributed by atoms with E-state index in [1.807, 2.05) is 0 Å². The topological polar surface area (TPSA) is 49.8 Å². The Labute approximate surface area is 155 Å². The van der Waals surface area contributed by atoms with Crippen LogP contribution in [0.2, 0.25) is 0 Å². The summed E-state index contributed by atoms with van der Waals surface area (Å²) < 4.78 is 6.75. The molecule has 4 heterocycles. The van der Waals surface area contributed by atoms with Crippen LogP contribution in [-0.4, -0.2) is 46.8 Å². The number of hydrogen-bond donors (Lipinski definition) is 1. The summed E-state index contributed by atoms with van der Waals surface area (Å²) in [5.74, 6) is 1.74. The molecule has 9 rings (SSSR count). The zero-order chi connectivity index (χ0) is 17.8. The SMILES string of the molecule is C=C1C2C[C@@]3(C4C[C@@H]5[C@@]6(C)CC[C@@H]7O[C@H]6N(CC)[C@H]4[C@@]75[C@@H]3CC2=O)[C@@H]1O. The van der Waals surface area contributed by atoms with Gasteiger partial charge in [0.15, 0.2) is 0 Å². The van der Waals surface area contributed by atoms with E-state index in [4.69, 9.17) is 4.74 Å². The normalized spacial score (nSPS) is 66.7. The summed E-state index contributed by atoms with van der Waals surface area (Å²) in [4.78, 5) is 15.7. The first kappa shape index (κ1) is 15.2. The number of carbonyl (C=O) groups is 1. The highest BCUT2D eigenvalue weighted by molar-refractivity contribution is 5.87. The lowest BCUT2D eigenvalue weighted by Gasteiger charge is -2.73. The molecule has 4 saturated heterocycles. The van der Waals surface area contributed by atoms with Gasteiger partial charge in [0.2, 0.25) is 0 Å². The molecule has 1 N–H and O–H groups in total. The van der Waals surface area contributed by atoms with Crippen molar-refractivity contribution in [3.63, 3.8) is 0 Å². The largest absolute Gasteiger partial charge is 0.388 e. The third-order valence-corrected chi connectivity index (χ3v) is 10.8. The Morgan fingerprint density at radius 3 is 2.96 bits per heavy atom. The molecule has 11 atom stereocenters. The van der Waals surface area contributed by atoms with Crippen LogP contribution in [0.5, 0.6) is 0 Å². The second kappa shape index (κ2) is 4.01. The number of fused-ring (bicyclic) bond motifs is 2. The van der Waals surface area contributed by atoms with Crippen LogP contribution in [0.1, 0.15) is 46.0 Å². The molecule has 0 aromatic heterocycles. The number of ether oxygens (including phenoxy) is 1. The fourth-order valence-electron chi connectivity index (χ4n) is 10.3. The molecule has 0 aromatic rings. The van der Waals surface area contributed by atoms with Crippen molar-refractivity contribution in [2.75, 3.05) is 6.54 Å². The summed E-state index contributed by atoms with van der Waals surface area (Å²) in [7, 11) is 0. The molecule has 9 fully saturated rings. The van der Waals surface area contributed by atoms with Crippen LogP contribution in [0.3, 0.4) is 0 Å². The zero-order valence-corrected chi connectivity index (χ0v) is 15.8. The third kappa shape index (κ3) is 1.11. The molecule has 0 aromatic carbocycles. The van der Waals surface area contributed by atoms with E-state index in [-0.39, 0.29) is 28.4 Å². The van der Waals surface area contributed by atoms with Crippen LogP contribution in [-0.2, 0) is 9.53 Å². The standard InChI is InChI=1S/C22H29NO3/c1-4-23-17-12-7-14-20(3)6-5-16(26-19(20)23)22(14,17)15-8-13(24)11-9-21(12,15)18(25)10(11)2/h11-12,14-19,25H,2,4-9H2,1,3H3/t11?,12?,14-,15-,16+,17-,18-,19-,20-,21+,22+/m1/s1. The Balaban J connectivity index is 1.52. The molecule has 4 nitrogen and oxygen atoms in total. The van der Waals surface area contributed by atoms with Crippen molar-refractivity contribution in [3.8, 4) is 0 Å². The number of ketones is 1. The minimum atomic E-state index is -0.487. The van der Waals surface area contributed by atoms with E-state index in [1.165, 1.54) is 12.8 Å². The number of carbonyl (C=O) groups excluding carboxylic acids is 1. The first-order valence-electron chi connectivity index (χ1n) is 10.7. The Hall–Kier alpha value is -0.710. The molecule has 0 amide bonds. The zero-order valence-electron chi connectivity index (χ0n) is 15.8. The van der Waals surface area contributed by atoms with Gasteiger partial charge in [0.05, 0.1) is 12.2 Å². The van der Waals surface area contributed by atoms with Gasteiger partial charge in [-0.15, -0.1) is 0 Å². The Morgan fingerprint density at radius 2 is 2.19 bits per heavy atom. The quantitative estimate of drug-likeness (QED) is 0.734. The van der Waals surface area contributed by atoms with Crippen LogP contribution < -0.4 is 0 Å². The Bertz CT molecular complexity index is 779. The lowest BCUT2D eigenvalue weighted by atomic mass is 9.41. The predicted octanol–water partition coefficient (Wildman–Crippen LogP) is 2.36. The van der Waals surface area contributed by atoms with E-state index in [2.05, 4.69) is 25.3 Å². The van der Waals surface area contributed by atoms with Crippen molar-refractivity contribution < 1.29 is 14.6 Å². The van der Waals surface area contributed by atoms with Gasteiger partial charge in [-0.1, -0.05) is 20.4 Å². The molecule has 4 aliphatic heterocycles. The average molecular weight is 355 g/mol. The van der Waals surface area contributed by atoms with Crippen molar-refractivity contribution in [2.45, 2.75) is 70.4 Å². The molecule has 5 saturated carbocycles. The molecule has 2 unspecified atom stereocenters. The van der Waals surface area contributed by atoms with Gasteiger partial charge >= 0.3 is 0 Å². The van der Waals surface area contributed by atoms with E-state index in [0.29, 0.717) is 42.1 Å². The maximum atomic E-state index is 13.0. The van der Waals surface area contributed by atoms with Gasteiger partial charge in [-0.3, -0.25) is 9.69 Å². The second-order valence-corrected chi connectivity index (χ2v) is 10.8. The summed E-state index contributed by atoms with van der Waals surface area (Å²) in [5, 5.41) is 11.4. The van der Waals surface area contributed by atoms with Gasteiger partial charge in [0.25, 0.3) is 0 Å². The molecule has 140 valence electrons. The monoisotopic (exact) mass is 355 g/mol. The average Bonchev–Trinajstić information content (AvgIpc) is 3.17. The van der Waals surface area contributed by atoms with E-state index in [0.717, 1.165) is 25.0 Å². The number of nitrogens with zero attached hydrogens (tertiary/aromatic N) is 1. The number of Topliss-reactive ketones (excluding diaryl/α,β-unsaturated/α-hetero) is 1. The maximum absolute atomic E-state index is 13.0. The van der Waals surface area contributed by atoms with E-state index < -0.39 is 6.10 Å². The van der Waals surface area contributed by atoms with Crippen molar-refractivity contribution >= 4 is 5.78 Å². The van der Waals surface area contributed by atoms with Crippen LogP contribution in [0.4, 0.5) is 0 Å². The molecule has 2 spiro atoms. The molecule has 9 bridgehead atoms. The number of aliphatic hydroxyl groups is 1. The molecule has 0 radical (unpaired) electrons. The van der Waals surface area contributed by atoms with Crippen molar-refractivity contribution in [3.05, 3.63) is 12.2 Å². The summed E-state index contributed by atoms with van der Waals surface area (Å²) in [6.45, 7) is 9.94. The number of piperidine rings is 1. The van der Waals surface area contributed by atoms with Crippen molar-refractivity contribution in [1.82, 2.24) is 4.90 Å². The van der Waals surface area contributed by atoms with Crippen LogP contribution in [0.25, 0.3) is 0 Å². The number of rotatable bonds is 1. The second-order valence-electron chi connectivity index (χ2n) is 10.8. The summed E-state index contributed by atoms with van der Waals surface area (Å²) >= 11 is 0. The smallest absolute Gasteiger partial charge is 0.140 e. The molecular formula is C22H29NO3. The summed E-state index contributed by atoms with van der Waals surface area (Å²) in [5.41, 5.74) is 1.03. The minimum absolute atomic E-state index is 0.0853. The van der Waals surface area contributed by atoms with E-state index in [1.54, 1.807) is 0 Å². The highest BCUT2D eigenvalue weighted by Crippen LogP contribution is 2.86. The molecular weight excluding hydrogens is 326 g/mol. The molecule has 26 heavy (non-hydrogen) atoms. The fraction of sp³-hybridized carbons (Fsp3) is 0.864. The lowest BCUT2D eigenvalue weighted by molar-refractivity contribution is -0.370. The number of aliphatic hydroxyl groups excluding tert-OH is 1. The van der Waals surface area contributed by atoms with E-state index >= 15 is 0 Å². The first-order valence-corrected chi connectivity index (χ1v) is 10.7. The van der Waals surface area contributed by atoms with Crippen molar-refractivity contribution in [2.24, 2.45) is 39.9 Å². The lowest BCUT2D eigenvalue weighted by Crippen LogP contribution is -2.78. The summed E-state index contributed by atoms with van der Waals surface area (Å²) in [6, 6.07) is 0.506. The molecule has 4 heteroatoms. The predicted molar refractivity (Wildman–Crippen MR) is 95.0 cm³/mol. The van der Waals surface area contributed by atoms with Gasteiger partial charge in [0, 0.05) is 34.6 Å². The van der Waals surface area contributed by atoms with E-state index in [9.17, 15) is 9.90 Å². The Kier molecular flexibility index (Phi) is 2.35. The van der Waals surface area contributed by atoms with Crippen LogP contribution >= 0.6 is 0 Å². The van der Waals surface area contributed by atoms with Crippen molar-refractivity contribution in [1.29, 1.82) is 0 Å². The fourth-order valence-corrected chi connectivity index (χ4v) is 10.3. The third-order valence-electron chi connectivity index (χ3n) is 10.8. The molecule has 5 aliphatic carbocycles.